The third-order valence-corrected chi connectivity index (χ3v) is 2.44. The Morgan fingerprint density at radius 3 is 2.94 bits per heavy atom. The van der Waals surface area contributed by atoms with Gasteiger partial charge < -0.3 is 14.7 Å². The third-order valence-electron chi connectivity index (χ3n) is 2.44. The average Bonchev–Trinajstić information content (AvgIpc) is 2.33. The van der Waals surface area contributed by atoms with Gasteiger partial charge in [0.25, 0.3) is 0 Å². The molecule has 0 aliphatic carbocycles. The number of methoxy groups -OCH3 is 1. The normalized spacial score (nSPS) is 9.83. The van der Waals surface area contributed by atoms with E-state index in [1.807, 2.05) is 0 Å². The summed E-state index contributed by atoms with van der Waals surface area (Å²) in [6, 6.07) is 3.78. The summed E-state index contributed by atoms with van der Waals surface area (Å²) >= 11 is 0. The molecule has 0 fully saturated rings. The van der Waals surface area contributed by atoms with Crippen LogP contribution in [0.15, 0.2) is 12.3 Å². The fraction of sp³-hybridized carbons (Fsp3) is 0.417. The number of anilines is 1. The van der Waals surface area contributed by atoms with Crippen molar-refractivity contribution in [1.82, 2.24) is 4.98 Å². The molecule has 1 aromatic heterocycles. The van der Waals surface area contributed by atoms with Crippen LogP contribution in [0, 0.1) is 18.3 Å². The van der Waals surface area contributed by atoms with Gasteiger partial charge in [-0.2, -0.15) is 5.26 Å². The second-order valence-corrected chi connectivity index (χ2v) is 3.75. The van der Waals surface area contributed by atoms with Crippen LogP contribution in [-0.4, -0.2) is 42.9 Å². The second-order valence-electron chi connectivity index (χ2n) is 3.75. The Bertz CT molecular complexity index is 468. The monoisotopic (exact) mass is 249 g/mol. The molecule has 0 atom stereocenters. The molecule has 18 heavy (non-hydrogen) atoms. The molecule has 0 saturated heterocycles. The summed E-state index contributed by atoms with van der Waals surface area (Å²) in [7, 11) is 1.54. The number of pyridine rings is 1. The van der Waals surface area contributed by atoms with Crippen molar-refractivity contribution < 1.29 is 14.6 Å². The zero-order chi connectivity index (χ0) is 13.5. The Balaban J connectivity index is 3.08. The van der Waals surface area contributed by atoms with Crippen molar-refractivity contribution in [3.63, 3.8) is 0 Å². The molecule has 0 spiro atoms. The number of hydrogen-bond acceptors (Lipinski definition) is 5. The van der Waals surface area contributed by atoms with Crippen molar-refractivity contribution in [2.24, 2.45) is 0 Å². The first-order valence-electron chi connectivity index (χ1n) is 5.41. The first kappa shape index (κ1) is 13.9. The minimum absolute atomic E-state index is 0.214. The Morgan fingerprint density at radius 2 is 2.39 bits per heavy atom. The summed E-state index contributed by atoms with van der Waals surface area (Å²) in [5, 5.41) is 18.0. The maximum absolute atomic E-state index is 10.8. The number of ether oxygens (including phenoxy) is 1. The fourth-order valence-corrected chi connectivity index (χ4v) is 1.55. The number of aromatic nitrogens is 1. The van der Waals surface area contributed by atoms with Crippen LogP contribution in [0.2, 0.25) is 0 Å². The van der Waals surface area contributed by atoms with Crippen molar-refractivity contribution in [1.29, 1.82) is 5.26 Å². The lowest BCUT2D eigenvalue weighted by atomic mass is 10.1. The molecule has 0 radical (unpaired) electrons. The number of aryl methyl sites for hydroxylation is 1. The Kier molecular flexibility index (Phi) is 5.08. The van der Waals surface area contributed by atoms with E-state index in [2.05, 4.69) is 11.1 Å². The van der Waals surface area contributed by atoms with Gasteiger partial charge in [0, 0.05) is 19.9 Å². The van der Waals surface area contributed by atoms with Crippen molar-refractivity contribution in [2.45, 2.75) is 6.92 Å². The lowest BCUT2D eigenvalue weighted by Gasteiger charge is -2.22. The van der Waals surface area contributed by atoms with Crippen LogP contribution < -0.4 is 4.90 Å². The topological polar surface area (TPSA) is 86.4 Å². The molecule has 0 aliphatic rings. The predicted octanol–water partition coefficient (Wildman–Crippen LogP) is 0.799. The molecule has 96 valence electrons. The van der Waals surface area contributed by atoms with E-state index < -0.39 is 5.97 Å². The molecule has 0 aliphatic heterocycles. The summed E-state index contributed by atoms with van der Waals surface area (Å²) in [6.45, 7) is 2.31. The summed E-state index contributed by atoms with van der Waals surface area (Å²) in [6.07, 6.45) is 1.56. The highest BCUT2D eigenvalue weighted by Gasteiger charge is 2.16. The van der Waals surface area contributed by atoms with Gasteiger partial charge in [-0.15, -0.1) is 0 Å². The lowest BCUT2D eigenvalue weighted by molar-refractivity contribution is -0.135. The minimum Gasteiger partial charge on any atom is -0.480 e. The maximum atomic E-state index is 10.8. The van der Waals surface area contributed by atoms with Crippen LogP contribution in [0.3, 0.4) is 0 Å². The second kappa shape index (κ2) is 6.57. The zero-order valence-corrected chi connectivity index (χ0v) is 10.4. The van der Waals surface area contributed by atoms with Crippen molar-refractivity contribution >= 4 is 11.8 Å². The zero-order valence-electron chi connectivity index (χ0n) is 10.4. The van der Waals surface area contributed by atoms with Gasteiger partial charge in [0.15, 0.2) is 0 Å². The van der Waals surface area contributed by atoms with Crippen LogP contribution in [0.4, 0.5) is 5.82 Å². The van der Waals surface area contributed by atoms with Gasteiger partial charge in [-0.1, -0.05) is 0 Å². The van der Waals surface area contributed by atoms with Crippen LogP contribution >= 0.6 is 0 Å². The molecule has 6 heteroatoms. The van der Waals surface area contributed by atoms with Gasteiger partial charge in [0.05, 0.1) is 12.2 Å². The van der Waals surface area contributed by atoms with E-state index in [9.17, 15) is 4.79 Å². The number of carbonyl (C=O) groups is 1. The Hall–Kier alpha value is -2.13. The largest absolute Gasteiger partial charge is 0.480 e. The van der Waals surface area contributed by atoms with E-state index in [0.29, 0.717) is 24.5 Å². The molecule has 1 N–H and O–H groups in total. The number of nitriles is 1. The lowest BCUT2D eigenvalue weighted by Crippen LogP contribution is -2.34. The first-order valence-corrected chi connectivity index (χ1v) is 5.41. The quantitative estimate of drug-likeness (QED) is 0.802. The van der Waals surface area contributed by atoms with E-state index in [-0.39, 0.29) is 6.54 Å². The number of hydrogen-bond donors (Lipinski definition) is 1. The molecule has 6 nitrogen and oxygen atoms in total. The molecule has 1 heterocycles. The van der Waals surface area contributed by atoms with E-state index in [0.717, 1.165) is 5.56 Å². The summed E-state index contributed by atoms with van der Waals surface area (Å²) in [5.41, 5.74) is 1.17. The minimum atomic E-state index is -0.974. The number of rotatable bonds is 6. The van der Waals surface area contributed by atoms with Gasteiger partial charge in [-0.25, -0.2) is 4.98 Å². The summed E-state index contributed by atoms with van der Waals surface area (Å²) < 4.78 is 4.93. The van der Waals surface area contributed by atoms with Crippen molar-refractivity contribution in [3.05, 3.63) is 23.4 Å². The average molecular weight is 249 g/mol. The molecular weight excluding hydrogens is 234 g/mol. The molecule has 0 amide bonds. The highest BCUT2D eigenvalue weighted by atomic mass is 16.5. The number of carboxylic acid groups (broad SMARTS) is 1. The first-order chi connectivity index (χ1) is 8.60. The van der Waals surface area contributed by atoms with E-state index in [4.69, 9.17) is 15.1 Å². The smallest absolute Gasteiger partial charge is 0.323 e. The van der Waals surface area contributed by atoms with Gasteiger partial charge in [0.1, 0.15) is 18.4 Å². The number of nitrogens with zero attached hydrogens (tertiary/aromatic N) is 3. The van der Waals surface area contributed by atoms with Gasteiger partial charge in [-0.05, 0) is 18.6 Å². The molecule has 0 bridgehead atoms. The highest BCUT2D eigenvalue weighted by molar-refractivity contribution is 5.74. The molecule has 1 aromatic rings. The summed E-state index contributed by atoms with van der Waals surface area (Å²) in [5.74, 6) is -0.588. The molecular formula is C12H15N3O3. The van der Waals surface area contributed by atoms with Gasteiger partial charge in [-0.3, -0.25) is 4.79 Å². The summed E-state index contributed by atoms with van der Waals surface area (Å²) in [4.78, 5) is 16.5. The van der Waals surface area contributed by atoms with Crippen LogP contribution in [0.25, 0.3) is 0 Å². The van der Waals surface area contributed by atoms with Crippen LogP contribution in [-0.2, 0) is 9.53 Å². The highest BCUT2D eigenvalue weighted by Crippen LogP contribution is 2.19. The maximum Gasteiger partial charge on any atom is 0.323 e. The van der Waals surface area contributed by atoms with Crippen LogP contribution in [0.1, 0.15) is 11.1 Å². The standard InChI is InChI=1S/C12H15N3O3/c1-9-3-4-14-12(10(9)7-13)15(5-6-18-2)8-11(16)17/h3-4H,5-6,8H2,1-2H3,(H,16,17). The van der Waals surface area contributed by atoms with E-state index in [1.165, 1.54) is 12.0 Å². The van der Waals surface area contributed by atoms with E-state index in [1.54, 1.807) is 19.2 Å². The van der Waals surface area contributed by atoms with E-state index >= 15 is 0 Å². The molecule has 0 saturated carbocycles. The molecule has 1 rings (SSSR count). The SMILES string of the molecule is COCCN(CC(=O)O)c1nccc(C)c1C#N. The van der Waals surface area contributed by atoms with Gasteiger partial charge >= 0.3 is 5.97 Å². The van der Waals surface area contributed by atoms with Crippen molar-refractivity contribution in [2.75, 3.05) is 31.7 Å². The Labute approximate surface area is 105 Å². The Morgan fingerprint density at radius 1 is 1.67 bits per heavy atom. The molecule has 0 aromatic carbocycles. The van der Waals surface area contributed by atoms with Gasteiger partial charge in [0.2, 0.25) is 0 Å². The predicted molar refractivity (Wildman–Crippen MR) is 65.4 cm³/mol. The molecule has 0 unspecified atom stereocenters. The number of carboxylic acids is 1. The van der Waals surface area contributed by atoms with Crippen molar-refractivity contribution in [3.8, 4) is 6.07 Å². The third kappa shape index (κ3) is 3.43. The number of aliphatic carboxylic acids is 1. The fourth-order valence-electron chi connectivity index (χ4n) is 1.55. The van der Waals surface area contributed by atoms with Crippen LogP contribution in [0.5, 0.6) is 0 Å².